The Hall–Kier alpha value is -1.59. The predicted molar refractivity (Wildman–Crippen MR) is 69.9 cm³/mol. The first kappa shape index (κ1) is 12.9. The second kappa shape index (κ2) is 5.37. The standard InChI is InChI=1S/C13H18FN3O/c1-2-12(17-5-3-16-4-6-17)10-7-9(14)8-11(15)13(10)18/h2,7-8,12,16,18H,1,3-6,15H2/t12-/m0/s1. The number of nitrogen functional groups attached to an aromatic ring is 1. The summed E-state index contributed by atoms with van der Waals surface area (Å²) >= 11 is 0. The van der Waals surface area contributed by atoms with Crippen LogP contribution in [0.15, 0.2) is 24.8 Å². The third-order valence-corrected chi connectivity index (χ3v) is 3.22. The number of halogens is 1. The van der Waals surface area contributed by atoms with Crippen LogP contribution in [0.25, 0.3) is 0 Å². The number of piperazine rings is 1. The highest BCUT2D eigenvalue weighted by Crippen LogP contribution is 2.34. The van der Waals surface area contributed by atoms with Gasteiger partial charge in [-0.15, -0.1) is 6.58 Å². The molecule has 2 rings (SSSR count). The van der Waals surface area contributed by atoms with Gasteiger partial charge in [0, 0.05) is 37.8 Å². The normalized spacial score (nSPS) is 18.5. The third-order valence-electron chi connectivity index (χ3n) is 3.22. The number of hydrogen-bond donors (Lipinski definition) is 3. The zero-order valence-electron chi connectivity index (χ0n) is 10.2. The number of benzene rings is 1. The van der Waals surface area contributed by atoms with Crippen molar-refractivity contribution in [2.24, 2.45) is 0 Å². The summed E-state index contributed by atoms with van der Waals surface area (Å²) in [4.78, 5) is 2.14. The van der Waals surface area contributed by atoms with Gasteiger partial charge in [0.25, 0.3) is 0 Å². The minimum Gasteiger partial charge on any atom is -0.505 e. The third kappa shape index (κ3) is 2.47. The van der Waals surface area contributed by atoms with Crippen molar-refractivity contribution in [2.75, 3.05) is 31.9 Å². The average molecular weight is 251 g/mol. The van der Waals surface area contributed by atoms with Crippen LogP contribution in [0.4, 0.5) is 10.1 Å². The molecule has 1 atom stereocenters. The van der Waals surface area contributed by atoms with Gasteiger partial charge in [0.15, 0.2) is 0 Å². The van der Waals surface area contributed by atoms with Gasteiger partial charge in [-0.1, -0.05) is 6.08 Å². The van der Waals surface area contributed by atoms with Crippen LogP contribution in [-0.4, -0.2) is 36.2 Å². The second-order valence-corrected chi connectivity index (χ2v) is 4.40. The van der Waals surface area contributed by atoms with Crippen molar-refractivity contribution < 1.29 is 9.50 Å². The SMILES string of the molecule is C=C[C@@H](c1cc(F)cc(N)c1O)N1CCNCC1. The van der Waals surface area contributed by atoms with Gasteiger partial charge in [0.2, 0.25) is 0 Å². The first-order valence-corrected chi connectivity index (χ1v) is 5.98. The van der Waals surface area contributed by atoms with Crippen molar-refractivity contribution in [1.82, 2.24) is 10.2 Å². The van der Waals surface area contributed by atoms with E-state index in [1.165, 1.54) is 6.07 Å². The van der Waals surface area contributed by atoms with E-state index in [1.54, 1.807) is 6.08 Å². The van der Waals surface area contributed by atoms with Crippen LogP contribution in [0.2, 0.25) is 0 Å². The topological polar surface area (TPSA) is 61.5 Å². The van der Waals surface area contributed by atoms with Gasteiger partial charge in [-0.3, -0.25) is 4.90 Å². The van der Waals surface area contributed by atoms with E-state index in [1.807, 2.05) is 0 Å². The highest BCUT2D eigenvalue weighted by Gasteiger charge is 2.23. The zero-order chi connectivity index (χ0) is 13.1. The van der Waals surface area contributed by atoms with Crippen LogP contribution in [0.1, 0.15) is 11.6 Å². The Morgan fingerprint density at radius 2 is 2.11 bits per heavy atom. The lowest BCUT2D eigenvalue weighted by Crippen LogP contribution is -2.44. The molecule has 18 heavy (non-hydrogen) atoms. The molecule has 0 spiro atoms. The van der Waals surface area contributed by atoms with Crippen molar-refractivity contribution in [1.29, 1.82) is 0 Å². The van der Waals surface area contributed by atoms with E-state index >= 15 is 0 Å². The van der Waals surface area contributed by atoms with E-state index in [2.05, 4.69) is 16.8 Å². The molecule has 4 N–H and O–H groups in total. The molecule has 0 aliphatic carbocycles. The number of hydrogen-bond acceptors (Lipinski definition) is 4. The predicted octanol–water partition coefficient (Wildman–Crippen LogP) is 1.25. The molecular weight excluding hydrogens is 233 g/mol. The summed E-state index contributed by atoms with van der Waals surface area (Å²) in [7, 11) is 0. The van der Waals surface area contributed by atoms with Crippen LogP contribution < -0.4 is 11.1 Å². The lowest BCUT2D eigenvalue weighted by atomic mass is 10.0. The summed E-state index contributed by atoms with van der Waals surface area (Å²) in [5.74, 6) is -0.498. The molecule has 1 saturated heterocycles. The summed E-state index contributed by atoms with van der Waals surface area (Å²) < 4.78 is 13.4. The van der Waals surface area contributed by atoms with Crippen LogP contribution in [0, 0.1) is 5.82 Å². The smallest absolute Gasteiger partial charge is 0.143 e. The number of aromatic hydroxyl groups is 1. The van der Waals surface area contributed by atoms with Crippen LogP contribution in [-0.2, 0) is 0 Å². The second-order valence-electron chi connectivity index (χ2n) is 4.40. The van der Waals surface area contributed by atoms with Gasteiger partial charge in [0.05, 0.1) is 11.7 Å². The van der Waals surface area contributed by atoms with Gasteiger partial charge in [-0.2, -0.15) is 0 Å². The molecule has 1 aromatic carbocycles. The van der Waals surface area contributed by atoms with E-state index in [0.717, 1.165) is 32.2 Å². The number of phenols is 1. The monoisotopic (exact) mass is 251 g/mol. The van der Waals surface area contributed by atoms with E-state index in [9.17, 15) is 9.50 Å². The molecule has 0 saturated carbocycles. The maximum atomic E-state index is 13.4. The summed E-state index contributed by atoms with van der Waals surface area (Å²) in [5.41, 5.74) is 6.13. The van der Waals surface area contributed by atoms with Crippen molar-refractivity contribution in [3.8, 4) is 5.75 Å². The molecule has 0 aromatic heterocycles. The Morgan fingerprint density at radius 3 is 2.72 bits per heavy atom. The maximum absolute atomic E-state index is 13.4. The molecule has 1 heterocycles. The fourth-order valence-corrected chi connectivity index (χ4v) is 2.30. The van der Waals surface area contributed by atoms with Gasteiger partial charge in [-0.25, -0.2) is 4.39 Å². The zero-order valence-corrected chi connectivity index (χ0v) is 10.2. The summed E-state index contributed by atoms with van der Waals surface area (Å²) in [6.07, 6.45) is 1.71. The first-order valence-electron chi connectivity index (χ1n) is 5.98. The summed E-state index contributed by atoms with van der Waals surface area (Å²) in [6, 6.07) is 2.22. The highest BCUT2D eigenvalue weighted by molar-refractivity contribution is 5.57. The Labute approximate surface area is 106 Å². The van der Waals surface area contributed by atoms with Crippen LogP contribution in [0.3, 0.4) is 0 Å². The van der Waals surface area contributed by atoms with E-state index < -0.39 is 5.82 Å². The maximum Gasteiger partial charge on any atom is 0.143 e. The fraction of sp³-hybridized carbons (Fsp3) is 0.385. The van der Waals surface area contributed by atoms with Crippen molar-refractivity contribution in [3.63, 3.8) is 0 Å². The van der Waals surface area contributed by atoms with Gasteiger partial charge in [-0.05, 0) is 6.07 Å². The average Bonchev–Trinajstić information content (AvgIpc) is 2.37. The fourth-order valence-electron chi connectivity index (χ4n) is 2.30. The van der Waals surface area contributed by atoms with E-state index in [0.29, 0.717) is 5.56 Å². The highest BCUT2D eigenvalue weighted by atomic mass is 19.1. The Bertz CT molecular complexity index is 444. The molecular formula is C13H18FN3O. The number of nitrogens with zero attached hydrogens (tertiary/aromatic N) is 1. The Morgan fingerprint density at radius 1 is 1.44 bits per heavy atom. The largest absolute Gasteiger partial charge is 0.505 e. The van der Waals surface area contributed by atoms with Gasteiger partial charge < -0.3 is 16.2 Å². The lowest BCUT2D eigenvalue weighted by Gasteiger charge is -2.33. The quantitative estimate of drug-likeness (QED) is 0.430. The molecule has 1 aromatic rings. The number of rotatable bonds is 3. The van der Waals surface area contributed by atoms with Gasteiger partial charge >= 0.3 is 0 Å². The molecule has 4 nitrogen and oxygen atoms in total. The molecule has 98 valence electrons. The Balaban J connectivity index is 2.34. The molecule has 1 aliphatic rings. The van der Waals surface area contributed by atoms with E-state index in [-0.39, 0.29) is 17.5 Å². The van der Waals surface area contributed by atoms with Crippen LogP contribution >= 0.6 is 0 Å². The number of phenolic OH excluding ortho intramolecular Hbond substituents is 1. The first-order chi connectivity index (χ1) is 8.63. The molecule has 0 radical (unpaired) electrons. The van der Waals surface area contributed by atoms with Crippen molar-refractivity contribution in [3.05, 3.63) is 36.2 Å². The number of nitrogens with one attached hydrogen (secondary N) is 1. The number of nitrogens with two attached hydrogens (primary N) is 1. The van der Waals surface area contributed by atoms with Crippen LogP contribution in [0.5, 0.6) is 5.75 Å². The van der Waals surface area contributed by atoms with Crippen molar-refractivity contribution >= 4 is 5.69 Å². The van der Waals surface area contributed by atoms with E-state index in [4.69, 9.17) is 5.73 Å². The molecule has 5 heteroatoms. The van der Waals surface area contributed by atoms with Crippen molar-refractivity contribution in [2.45, 2.75) is 6.04 Å². The molecule has 1 fully saturated rings. The summed E-state index contributed by atoms with van der Waals surface area (Å²) in [6.45, 7) is 7.17. The molecule has 0 amide bonds. The number of anilines is 1. The summed E-state index contributed by atoms with van der Waals surface area (Å²) in [5, 5.41) is 13.2. The lowest BCUT2D eigenvalue weighted by molar-refractivity contribution is 0.200. The minimum absolute atomic E-state index is 0.0557. The molecule has 0 bridgehead atoms. The van der Waals surface area contributed by atoms with Gasteiger partial charge in [0.1, 0.15) is 11.6 Å². The Kier molecular flexibility index (Phi) is 3.84. The molecule has 1 aliphatic heterocycles. The molecule has 0 unspecified atom stereocenters. The minimum atomic E-state index is -0.442.